The summed E-state index contributed by atoms with van der Waals surface area (Å²) in [6.07, 6.45) is 10.8. The molecule has 0 amide bonds. The van der Waals surface area contributed by atoms with Gasteiger partial charge in [0, 0.05) is 5.25 Å². The fourth-order valence-corrected chi connectivity index (χ4v) is 1.76. The van der Waals surface area contributed by atoms with Crippen LogP contribution in [0.5, 0.6) is 0 Å². The Bertz CT molecular complexity index is 81.1. The van der Waals surface area contributed by atoms with Crippen molar-refractivity contribution in [2.24, 2.45) is 0 Å². The van der Waals surface area contributed by atoms with Crippen molar-refractivity contribution in [1.29, 1.82) is 0 Å². The van der Waals surface area contributed by atoms with E-state index in [9.17, 15) is 0 Å². The van der Waals surface area contributed by atoms with Gasteiger partial charge in [0.2, 0.25) is 0 Å². The molecule has 0 heterocycles. The summed E-state index contributed by atoms with van der Waals surface area (Å²) in [5, 5.41) is 0.668. The molecule has 0 rings (SSSR count). The Hall–Kier alpha value is 0.350. The molecule has 0 aliphatic carbocycles. The second kappa shape index (κ2) is 9.44. The molecule has 1 unspecified atom stereocenters. The van der Waals surface area contributed by atoms with Crippen LogP contribution in [0, 0.1) is 0 Å². The molecule has 0 aromatic carbocycles. The molecule has 0 aliphatic heterocycles. The number of thiol groups is 1. The van der Waals surface area contributed by atoms with E-state index in [1.165, 1.54) is 51.4 Å². The molecule has 0 aromatic rings. The van der Waals surface area contributed by atoms with Crippen molar-refractivity contribution in [3.63, 3.8) is 0 Å². The van der Waals surface area contributed by atoms with Gasteiger partial charge in [0.15, 0.2) is 0 Å². The van der Waals surface area contributed by atoms with E-state index in [1.807, 2.05) is 0 Å². The first-order valence-electron chi connectivity index (χ1n) is 5.49. The molecule has 0 nitrogen and oxygen atoms in total. The molecule has 0 saturated heterocycles. The third-order valence-electron chi connectivity index (χ3n) is 2.28. The number of hydrogen-bond acceptors (Lipinski definition) is 1. The molecule has 12 heavy (non-hydrogen) atoms. The van der Waals surface area contributed by atoms with Crippen LogP contribution in [0.1, 0.15) is 65.2 Å². The molecule has 1 atom stereocenters. The van der Waals surface area contributed by atoms with Gasteiger partial charge in [-0.2, -0.15) is 12.6 Å². The van der Waals surface area contributed by atoms with Crippen LogP contribution in [0.4, 0.5) is 0 Å². The van der Waals surface area contributed by atoms with E-state index in [1.54, 1.807) is 0 Å². The van der Waals surface area contributed by atoms with Gasteiger partial charge in [0.1, 0.15) is 0 Å². The molecule has 0 fully saturated rings. The Morgan fingerprint density at radius 3 is 2.00 bits per heavy atom. The molecular weight excluding hydrogens is 164 g/mol. The predicted molar refractivity (Wildman–Crippen MR) is 61.1 cm³/mol. The van der Waals surface area contributed by atoms with Gasteiger partial charge in [0.25, 0.3) is 0 Å². The van der Waals surface area contributed by atoms with E-state index in [0.29, 0.717) is 5.25 Å². The Balaban J connectivity index is 3.02. The first-order valence-corrected chi connectivity index (χ1v) is 6.01. The molecule has 0 radical (unpaired) electrons. The van der Waals surface area contributed by atoms with Crippen LogP contribution in [0.25, 0.3) is 0 Å². The standard InChI is InChI=1S/C11H24S/c1-3-5-7-8-10-11(12)9-6-4-2/h11-12H,3-10H2,1-2H3. The molecule has 1 heteroatoms. The molecule has 74 valence electrons. The van der Waals surface area contributed by atoms with Crippen molar-refractivity contribution < 1.29 is 0 Å². The fraction of sp³-hybridized carbons (Fsp3) is 1.00. The van der Waals surface area contributed by atoms with Gasteiger partial charge in [-0.25, -0.2) is 0 Å². The molecule has 0 bridgehead atoms. The van der Waals surface area contributed by atoms with Crippen LogP contribution >= 0.6 is 12.6 Å². The highest BCUT2D eigenvalue weighted by Crippen LogP contribution is 2.15. The van der Waals surface area contributed by atoms with E-state index in [2.05, 4.69) is 26.5 Å². The van der Waals surface area contributed by atoms with E-state index in [4.69, 9.17) is 0 Å². The minimum absolute atomic E-state index is 0.668. The van der Waals surface area contributed by atoms with Gasteiger partial charge in [-0.1, -0.05) is 52.4 Å². The lowest BCUT2D eigenvalue weighted by molar-refractivity contribution is 0.585. The van der Waals surface area contributed by atoms with E-state index in [0.717, 1.165) is 0 Å². The SMILES string of the molecule is CCCCCCC(S)CCCC. The number of rotatable bonds is 8. The molecule has 0 spiro atoms. The third kappa shape index (κ3) is 8.45. The summed E-state index contributed by atoms with van der Waals surface area (Å²) in [7, 11) is 0. The topological polar surface area (TPSA) is 0 Å². The zero-order valence-electron chi connectivity index (χ0n) is 8.68. The smallest absolute Gasteiger partial charge is 0.00168 e. The maximum Gasteiger partial charge on any atom is 0.00168 e. The lowest BCUT2D eigenvalue weighted by Crippen LogP contribution is -1.97. The lowest BCUT2D eigenvalue weighted by Gasteiger charge is -2.08. The van der Waals surface area contributed by atoms with Crippen LogP contribution in [0.15, 0.2) is 0 Å². The lowest BCUT2D eigenvalue weighted by atomic mass is 10.1. The highest BCUT2D eigenvalue weighted by molar-refractivity contribution is 7.80. The number of hydrogen-bond donors (Lipinski definition) is 1. The second-order valence-electron chi connectivity index (χ2n) is 3.65. The zero-order valence-corrected chi connectivity index (χ0v) is 9.58. The summed E-state index contributed by atoms with van der Waals surface area (Å²) in [6.45, 7) is 4.51. The summed E-state index contributed by atoms with van der Waals surface area (Å²) in [6, 6.07) is 0. The normalized spacial score (nSPS) is 13.2. The second-order valence-corrected chi connectivity index (χ2v) is 4.38. The van der Waals surface area contributed by atoms with E-state index < -0.39 is 0 Å². The monoisotopic (exact) mass is 188 g/mol. The van der Waals surface area contributed by atoms with Gasteiger partial charge in [-0.05, 0) is 12.8 Å². The van der Waals surface area contributed by atoms with Gasteiger partial charge in [-0.3, -0.25) is 0 Å². The highest BCUT2D eigenvalue weighted by Gasteiger charge is 2.00. The average molecular weight is 188 g/mol. The summed E-state index contributed by atoms with van der Waals surface area (Å²) in [5.74, 6) is 0. The molecule has 0 N–H and O–H groups in total. The Morgan fingerprint density at radius 1 is 0.833 bits per heavy atom. The summed E-state index contributed by atoms with van der Waals surface area (Å²) < 4.78 is 0. The molecule has 0 saturated carbocycles. The largest absolute Gasteiger partial charge is 0.176 e. The minimum atomic E-state index is 0.668. The first kappa shape index (κ1) is 12.3. The highest BCUT2D eigenvalue weighted by atomic mass is 32.1. The minimum Gasteiger partial charge on any atom is -0.176 e. The average Bonchev–Trinajstić information content (AvgIpc) is 2.09. The van der Waals surface area contributed by atoms with E-state index in [-0.39, 0.29) is 0 Å². The van der Waals surface area contributed by atoms with Gasteiger partial charge >= 0.3 is 0 Å². The molecule has 0 aromatic heterocycles. The quantitative estimate of drug-likeness (QED) is 0.422. The summed E-state index contributed by atoms with van der Waals surface area (Å²) in [5.41, 5.74) is 0. The zero-order chi connectivity index (χ0) is 9.23. The fourth-order valence-electron chi connectivity index (χ4n) is 1.39. The van der Waals surface area contributed by atoms with Crippen molar-refractivity contribution in [1.82, 2.24) is 0 Å². The Morgan fingerprint density at radius 2 is 1.42 bits per heavy atom. The summed E-state index contributed by atoms with van der Waals surface area (Å²) >= 11 is 4.57. The predicted octanol–water partition coefficient (Wildman–Crippen LogP) is 4.45. The van der Waals surface area contributed by atoms with E-state index >= 15 is 0 Å². The van der Waals surface area contributed by atoms with Gasteiger partial charge < -0.3 is 0 Å². The maximum absolute atomic E-state index is 4.57. The van der Waals surface area contributed by atoms with Crippen LogP contribution in [-0.2, 0) is 0 Å². The Labute approximate surface area is 83.5 Å². The van der Waals surface area contributed by atoms with Crippen LogP contribution in [0.3, 0.4) is 0 Å². The number of unbranched alkanes of at least 4 members (excludes halogenated alkanes) is 4. The van der Waals surface area contributed by atoms with Crippen molar-refractivity contribution in [2.45, 2.75) is 70.5 Å². The van der Waals surface area contributed by atoms with Gasteiger partial charge in [-0.15, -0.1) is 0 Å². The van der Waals surface area contributed by atoms with Crippen LogP contribution in [-0.4, -0.2) is 5.25 Å². The Kier molecular flexibility index (Phi) is 9.71. The van der Waals surface area contributed by atoms with Crippen LogP contribution in [0.2, 0.25) is 0 Å². The van der Waals surface area contributed by atoms with Crippen molar-refractivity contribution >= 4 is 12.6 Å². The molecule has 0 aliphatic rings. The van der Waals surface area contributed by atoms with Crippen molar-refractivity contribution in [3.05, 3.63) is 0 Å². The van der Waals surface area contributed by atoms with Gasteiger partial charge in [0.05, 0.1) is 0 Å². The third-order valence-corrected chi connectivity index (χ3v) is 2.80. The summed E-state index contributed by atoms with van der Waals surface area (Å²) in [4.78, 5) is 0. The van der Waals surface area contributed by atoms with Crippen molar-refractivity contribution in [2.75, 3.05) is 0 Å². The molecular formula is C11H24S. The van der Waals surface area contributed by atoms with Crippen molar-refractivity contribution in [3.8, 4) is 0 Å². The maximum atomic E-state index is 4.57. The first-order chi connectivity index (χ1) is 5.81. The van der Waals surface area contributed by atoms with Crippen LogP contribution < -0.4 is 0 Å².